The number of aliphatic hydroxyl groups is 10. The van der Waals surface area contributed by atoms with Crippen molar-refractivity contribution in [3.63, 3.8) is 0 Å². The Hall–Kier alpha value is -6.08. The zero-order valence-electron chi connectivity index (χ0n) is 50.3. The van der Waals surface area contributed by atoms with Crippen LogP contribution in [0.15, 0.2) is 102 Å². The van der Waals surface area contributed by atoms with Gasteiger partial charge in [0.15, 0.2) is 0 Å². The van der Waals surface area contributed by atoms with E-state index in [9.17, 15) is 69.6 Å². The number of carbonyl (C=O) groups is 6. The van der Waals surface area contributed by atoms with Crippen LogP contribution in [0.4, 0.5) is 9.59 Å². The van der Waals surface area contributed by atoms with E-state index in [-0.39, 0.29) is 31.7 Å². The minimum Gasteiger partial charge on any atom is -0.480 e. The zero-order valence-corrected chi connectivity index (χ0v) is 51.8. The first-order chi connectivity index (χ1) is 40.6. The van der Waals surface area contributed by atoms with Gasteiger partial charge < -0.3 is 100 Å². The van der Waals surface area contributed by atoms with Gasteiger partial charge in [-0.3, -0.25) is 4.79 Å². The molecule has 87 heavy (non-hydrogen) atoms. The molecule has 14 unspecified atom stereocenters. The summed E-state index contributed by atoms with van der Waals surface area (Å²) in [6, 6.07) is 25.6. The molecule has 2 aliphatic heterocycles. The van der Waals surface area contributed by atoms with Crippen molar-refractivity contribution in [2.45, 2.75) is 161 Å². The van der Waals surface area contributed by atoms with E-state index in [1.54, 1.807) is 58.0 Å². The third-order valence-electron chi connectivity index (χ3n) is 13.2. The molecule has 14 N–H and O–H groups in total. The molecule has 3 aromatic carbocycles. The van der Waals surface area contributed by atoms with Crippen LogP contribution in [-0.4, -0.2) is 201 Å². The van der Waals surface area contributed by atoms with Gasteiger partial charge in [-0.25, -0.2) is 24.0 Å². The van der Waals surface area contributed by atoms with E-state index in [0.717, 1.165) is 21.9 Å². The minimum atomic E-state index is -2.62. The van der Waals surface area contributed by atoms with Gasteiger partial charge in [0, 0.05) is 38.8 Å². The predicted octanol–water partition coefficient (Wildman–Crippen LogP) is 2.94. The van der Waals surface area contributed by atoms with Gasteiger partial charge in [-0.15, -0.1) is 0 Å². The first-order valence-corrected chi connectivity index (χ1v) is 28.2. The molecule has 28 heteroatoms. The van der Waals surface area contributed by atoms with Gasteiger partial charge in [0.25, 0.3) is 11.6 Å². The van der Waals surface area contributed by atoms with E-state index in [1.807, 2.05) is 93.5 Å². The predicted molar refractivity (Wildman–Crippen MR) is 314 cm³/mol. The zero-order chi connectivity index (χ0) is 66.5. The number of amides is 2. The molecule has 14 atom stereocenters. The van der Waals surface area contributed by atoms with E-state index in [2.05, 4.69) is 10.6 Å². The maximum Gasteiger partial charge on any atom is 0.408 e. The molecule has 0 spiro atoms. The number of halogens is 2. The Balaban J connectivity index is 0.000000561. The second-order valence-electron chi connectivity index (χ2n) is 21.5. The second-order valence-corrected chi connectivity index (χ2v) is 22.3. The normalized spacial score (nSPS) is 23.3. The van der Waals surface area contributed by atoms with Crippen LogP contribution in [0.25, 0.3) is 0 Å². The molecular weight excluding hydrogens is 1190 g/mol. The number of esters is 1. The Morgan fingerprint density at radius 2 is 0.931 bits per heavy atom. The number of carboxylic acid groups (broad SMARTS) is 2. The number of benzene rings is 3. The fourth-order valence-corrected chi connectivity index (χ4v) is 8.19. The van der Waals surface area contributed by atoms with Crippen molar-refractivity contribution in [3.05, 3.63) is 118 Å². The van der Waals surface area contributed by atoms with Crippen LogP contribution in [0.3, 0.4) is 0 Å². The molecule has 3 aromatic rings. The monoisotopic (exact) mass is 1280 g/mol. The maximum atomic E-state index is 12.3. The summed E-state index contributed by atoms with van der Waals surface area (Å²) in [6.07, 6.45) is -13.6. The molecule has 2 heterocycles. The van der Waals surface area contributed by atoms with Gasteiger partial charge >= 0.3 is 30.1 Å². The summed E-state index contributed by atoms with van der Waals surface area (Å²) in [5.74, 6) is -10.6. The van der Waals surface area contributed by atoms with Gasteiger partial charge in [0.2, 0.25) is 5.24 Å². The highest BCUT2D eigenvalue weighted by molar-refractivity contribution is 6.64. The minimum absolute atomic E-state index is 0.0840. The summed E-state index contributed by atoms with van der Waals surface area (Å²) in [6.45, 7) is 12.7. The average molecular weight is 1280 g/mol. The van der Waals surface area contributed by atoms with Crippen LogP contribution in [0.2, 0.25) is 0 Å². The Morgan fingerprint density at radius 3 is 1.22 bits per heavy atom. The van der Waals surface area contributed by atoms with Gasteiger partial charge in [0.1, 0.15) is 61.5 Å². The van der Waals surface area contributed by atoms with Crippen LogP contribution in [0, 0.1) is 23.7 Å². The molecule has 2 fully saturated rings. The molecule has 0 aromatic heterocycles. The largest absolute Gasteiger partial charge is 0.480 e. The van der Waals surface area contributed by atoms with Crippen molar-refractivity contribution < 1.29 is 114 Å². The number of nitrogens with zero attached hydrogens (tertiary/aromatic N) is 1. The molecule has 2 amide bonds. The maximum absolute atomic E-state index is 12.3. The second kappa shape index (κ2) is 39.0. The number of nitrogens with one attached hydrogen (secondary N) is 2. The van der Waals surface area contributed by atoms with Crippen LogP contribution in [-0.2, 0) is 62.7 Å². The highest BCUT2D eigenvalue weighted by Gasteiger charge is 2.54. The number of hydrogen-bond donors (Lipinski definition) is 14. The smallest absolute Gasteiger partial charge is 0.408 e. The summed E-state index contributed by atoms with van der Waals surface area (Å²) in [5, 5.41) is 119. The SMILES string of the molecule is CC(C)=C(Cl)N(C)C.CC(C)C(NC(=O)OCc1ccccc1)C(=O)Cl.CC(C)C(NC(=O)OCc1ccccc1)C(=O)O.CC1C(O)CC(O)(C(=O)O)OC1C(O)C(O)CO.CC1C(O)CC(O)(C(=O)OCc2ccccc2)OC1C(O)C(O)CO. The first-order valence-electron chi connectivity index (χ1n) is 27.5. The number of ether oxygens (including phenoxy) is 5. The van der Waals surface area contributed by atoms with Gasteiger partial charge in [-0.2, -0.15) is 0 Å². The third kappa shape index (κ3) is 27.5. The summed E-state index contributed by atoms with van der Waals surface area (Å²) in [7, 11) is 3.85. The molecule has 0 aliphatic carbocycles. The number of carbonyl (C=O) groups excluding carboxylic acids is 4. The van der Waals surface area contributed by atoms with E-state index in [1.165, 1.54) is 13.8 Å². The van der Waals surface area contributed by atoms with Crippen LogP contribution in [0.1, 0.15) is 84.9 Å². The Kier molecular flexibility index (Phi) is 35.4. The molecular formula is C59H87Cl2N3O23. The number of aliphatic hydroxyl groups excluding tert-OH is 8. The molecule has 5 rings (SSSR count). The Morgan fingerprint density at radius 1 is 0.598 bits per heavy atom. The van der Waals surface area contributed by atoms with E-state index < -0.39 is 146 Å². The van der Waals surface area contributed by atoms with E-state index >= 15 is 0 Å². The quantitative estimate of drug-likeness (QED) is 0.0315. The fraction of sp³-hybridized carbons (Fsp3) is 0.559. The van der Waals surface area contributed by atoms with Crippen molar-refractivity contribution in [1.82, 2.24) is 15.5 Å². The molecule has 0 saturated carbocycles. The lowest BCUT2D eigenvalue weighted by atomic mass is 9.85. The lowest BCUT2D eigenvalue weighted by Gasteiger charge is -2.43. The van der Waals surface area contributed by atoms with Gasteiger partial charge in [0.05, 0.1) is 37.6 Å². The van der Waals surface area contributed by atoms with Crippen molar-refractivity contribution >= 4 is 58.5 Å². The fourth-order valence-electron chi connectivity index (χ4n) is 7.89. The third-order valence-corrected chi connectivity index (χ3v) is 14.2. The number of hydrogen-bond acceptors (Lipinski definition) is 22. The highest BCUT2D eigenvalue weighted by Crippen LogP contribution is 2.36. The molecule has 26 nitrogen and oxygen atoms in total. The standard InChI is InChI=1S/C17H24O8.C13H16ClNO3.C13H17NO4.C10H18O8.C6H12ClN/c1-10-12(19)7-17(23,25-15(10)14(21)13(20)8-18)16(22)24-9-11-5-3-2-4-6-11;1-9(2)11(12(14)16)15-13(17)18-8-10-6-4-3-5-7-10;1-9(2)11(12(15)16)14-13(17)18-8-10-6-4-3-5-7-10;1-4-5(12)2-10(17,9(15)16)18-8(4)7(14)6(13)3-11;1-5(2)6(7)8(3)4/h2-6,10,12-15,18-21,23H,7-9H2,1H3;3-7,9,11H,8H2,1-2H3,(H,15,17);3-7,9,11H,8H2,1-2H3,(H,14,17)(H,15,16);4-8,11-14,17H,2-3H2,1H3,(H,15,16);1-4H3. The van der Waals surface area contributed by atoms with Crippen molar-refractivity contribution in [1.29, 1.82) is 0 Å². The van der Waals surface area contributed by atoms with Gasteiger partial charge in [-0.1, -0.05) is 144 Å². The summed E-state index contributed by atoms with van der Waals surface area (Å²) in [5.41, 5.74) is 3.59. The number of carboxylic acids is 2. The van der Waals surface area contributed by atoms with E-state index in [0.29, 0.717) is 5.56 Å². The number of alkyl carbamates (subject to hydrolysis) is 2. The first kappa shape index (κ1) is 78.9. The molecule has 0 radical (unpaired) electrons. The van der Waals surface area contributed by atoms with Crippen LogP contribution < -0.4 is 10.6 Å². The number of allylic oxidation sites excluding steroid dienone is 1. The topological polar surface area (TPSA) is 419 Å². The average Bonchev–Trinajstić information content (AvgIpc) is 1.00. The molecule has 2 aliphatic rings. The summed E-state index contributed by atoms with van der Waals surface area (Å²) < 4.78 is 25.2. The number of aliphatic carboxylic acids is 2. The van der Waals surface area contributed by atoms with Crippen molar-refractivity contribution in [3.8, 4) is 0 Å². The molecule has 490 valence electrons. The number of rotatable bonds is 21. The lowest BCUT2D eigenvalue weighted by molar-refractivity contribution is -0.304. The molecule has 2 saturated heterocycles. The van der Waals surface area contributed by atoms with Crippen LogP contribution in [0.5, 0.6) is 0 Å². The summed E-state index contributed by atoms with van der Waals surface area (Å²) >= 11 is 11.1. The summed E-state index contributed by atoms with van der Waals surface area (Å²) in [4.78, 5) is 69.9. The van der Waals surface area contributed by atoms with Crippen molar-refractivity contribution in [2.24, 2.45) is 23.7 Å². The highest BCUT2D eigenvalue weighted by atomic mass is 35.5. The van der Waals surface area contributed by atoms with Crippen LogP contribution >= 0.6 is 23.2 Å². The van der Waals surface area contributed by atoms with Gasteiger partial charge in [-0.05, 0) is 59.5 Å². The Labute approximate surface area is 515 Å². The molecule has 0 bridgehead atoms. The lowest BCUT2D eigenvalue weighted by Crippen LogP contribution is -2.60. The Bertz CT molecular complexity index is 2490. The van der Waals surface area contributed by atoms with Crippen molar-refractivity contribution in [2.75, 3.05) is 27.3 Å². The van der Waals surface area contributed by atoms with E-state index in [4.69, 9.17) is 67.3 Å².